The van der Waals surface area contributed by atoms with Crippen LogP contribution in [-0.4, -0.2) is 43.3 Å². The third-order valence-electron chi connectivity index (χ3n) is 4.63. The van der Waals surface area contributed by atoms with E-state index in [2.05, 4.69) is 35.3 Å². The van der Waals surface area contributed by atoms with E-state index in [1.165, 1.54) is 11.1 Å². The lowest BCUT2D eigenvalue weighted by Crippen LogP contribution is -3.13. The summed E-state index contributed by atoms with van der Waals surface area (Å²) in [6.07, 6.45) is 1.68. The Hall–Kier alpha value is -2.05. The second-order valence-electron chi connectivity index (χ2n) is 6.47. The largest absolute Gasteiger partial charge is 0.496 e. The van der Waals surface area contributed by atoms with Crippen LogP contribution >= 0.6 is 12.2 Å². The van der Waals surface area contributed by atoms with Crippen LogP contribution in [0.3, 0.4) is 0 Å². The number of nitrogens with zero attached hydrogens (tertiary/aromatic N) is 1. The summed E-state index contributed by atoms with van der Waals surface area (Å²) >= 11 is 5.52. The Morgan fingerprint density at radius 3 is 2.80 bits per heavy atom. The Morgan fingerprint density at radius 1 is 1.32 bits per heavy atom. The summed E-state index contributed by atoms with van der Waals surface area (Å²) in [5, 5.41) is 4.09. The quantitative estimate of drug-likeness (QED) is 0.789. The Morgan fingerprint density at radius 2 is 2.12 bits per heavy atom. The first-order valence-corrected chi connectivity index (χ1v) is 9.09. The molecule has 5 nitrogen and oxygen atoms in total. The average molecular weight is 361 g/mol. The van der Waals surface area contributed by atoms with Crippen molar-refractivity contribution >= 4 is 17.3 Å². The predicted molar refractivity (Wildman–Crippen MR) is 102 cm³/mol. The van der Waals surface area contributed by atoms with Gasteiger partial charge in [0.05, 0.1) is 46.1 Å². The first-order chi connectivity index (χ1) is 12.2. The lowest BCUT2D eigenvalue weighted by Gasteiger charge is -2.34. The lowest BCUT2D eigenvalue weighted by molar-refractivity contribution is -0.917. The molecule has 25 heavy (non-hydrogen) atoms. The smallest absolute Gasteiger partial charge is 0.169 e. The van der Waals surface area contributed by atoms with Gasteiger partial charge in [0.1, 0.15) is 18.1 Å². The highest BCUT2D eigenvalue weighted by molar-refractivity contribution is 7.80. The molecule has 2 aromatic rings. The van der Waals surface area contributed by atoms with Crippen LogP contribution in [-0.2, 0) is 13.1 Å². The minimum absolute atomic E-state index is 0.638. The van der Waals surface area contributed by atoms with Crippen LogP contribution in [0, 0.1) is 6.92 Å². The lowest BCUT2D eigenvalue weighted by atomic mass is 10.1. The van der Waals surface area contributed by atoms with Crippen LogP contribution in [0.15, 0.2) is 41.0 Å². The van der Waals surface area contributed by atoms with Gasteiger partial charge in [-0.3, -0.25) is 0 Å². The predicted octanol–water partition coefficient (Wildman–Crippen LogP) is 1.37. The number of piperazine rings is 1. The van der Waals surface area contributed by atoms with E-state index in [1.807, 2.05) is 12.1 Å². The highest BCUT2D eigenvalue weighted by Crippen LogP contribution is 2.18. The standard InChI is InChI=1S/C19H25N3O2S/c1-15-5-6-18(23-2)16(12-15)14-21-7-9-22(10-8-21)19(25)20-13-17-4-3-11-24-17/h3-6,11-12H,7-10,13-14H2,1-2H3,(H,20,25)/p+1. The van der Waals surface area contributed by atoms with E-state index in [0.29, 0.717) is 6.54 Å². The molecule has 0 unspecified atom stereocenters. The zero-order valence-corrected chi connectivity index (χ0v) is 15.7. The molecule has 2 heterocycles. The van der Waals surface area contributed by atoms with Crippen LogP contribution < -0.4 is 15.0 Å². The van der Waals surface area contributed by atoms with Crippen molar-refractivity contribution in [1.29, 1.82) is 0 Å². The zero-order chi connectivity index (χ0) is 17.6. The molecule has 134 valence electrons. The Labute approximate surface area is 154 Å². The van der Waals surface area contributed by atoms with E-state index in [0.717, 1.165) is 49.3 Å². The highest BCUT2D eigenvalue weighted by Gasteiger charge is 2.22. The third-order valence-corrected chi connectivity index (χ3v) is 5.03. The maximum atomic E-state index is 5.52. The molecule has 0 radical (unpaired) electrons. The minimum atomic E-state index is 0.638. The van der Waals surface area contributed by atoms with Crippen molar-refractivity contribution in [1.82, 2.24) is 10.2 Å². The summed E-state index contributed by atoms with van der Waals surface area (Å²) < 4.78 is 10.8. The van der Waals surface area contributed by atoms with Gasteiger partial charge >= 0.3 is 0 Å². The van der Waals surface area contributed by atoms with E-state index in [4.69, 9.17) is 21.4 Å². The molecule has 0 saturated carbocycles. The van der Waals surface area contributed by atoms with Crippen LogP contribution in [0.25, 0.3) is 0 Å². The molecule has 3 rings (SSSR count). The molecule has 0 bridgehead atoms. The van der Waals surface area contributed by atoms with Crippen molar-refractivity contribution < 1.29 is 14.1 Å². The van der Waals surface area contributed by atoms with Crippen LogP contribution in [0.1, 0.15) is 16.9 Å². The minimum Gasteiger partial charge on any atom is -0.496 e. The normalized spacial score (nSPS) is 15.2. The topological polar surface area (TPSA) is 42.1 Å². The van der Waals surface area contributed by atoms with E-state index < -0.39 is 0 Å². The monoisotopic (exact) mass is 360 g/mol. The molecule has 0 atom stereocenters. The number of furan rings is 1. The molecule has 1 saturated heterocycles. The molecular formula is C19H26N3O2S+. The number of quaternary nitrogens is 1. The molecule has 1 aliphatic heterocycles. The van der Waals surface area contributed by atoms with Gasteiger partial charge in [-0.15, -0.1) is 0 Å². The Balaban J connectivity index is 1.48. The molecule has 0 amide bonds. The first-order valence-electron chi connectivity index (χ1n) is 8.68. The number of nitrogens with one attached hydrogen (secondary N) is 2. The number of ether oxygens (including phenoxy) is 1. The molecule has 0 aliphatic carbocycles. The average Bonchev–Trinajstić information content (AvgIpc) is 3.14. The fourth-order valence-electron chi connectivity index (χ4n) is 3.21. The third kappa shape index (κ3) is 4.74. The van der Waals surface area contributed by atoms with Crippen molar-refractivity contribution in [3.63, 3.8) is 0 Å². The Kier molecular flexibility index (Phi) is 5.94. The van der Waals surface area contributed by atoms with Gasteiger partial charge in [-0.25, -0.2) is 0 Å². The van der Waals surface area contributed by atoms with E-state index >= 15 is 0 Å². The van der Waals surface area contributed by atoms with Crippen molar-refractivity contribution in [2.24, 2.45) is 0 Å². The van der Waals surface area contributed by atoms with Crippen LogP contribution in [0.5, 0.6) is 5.75 Å². The van der Waals surface area contributed by atoms with Crippen molar-refractivity contribution in [2.75, 3.05) is 33.3 Å². The molecule has 1 aliphatic rings. The zero-order valence-electron chi connectivity index (χ0n) is 14.9. The number of rotatable bonds is 5. The number of hydrogen-bond donors (Lipinski definition) is 2. The van der Waals surface area contributed by atoms with Gasteiger partial charge in [0.2, 0.25) is 0 Å². The van der Waals surface area contributed by atoms with Gasteiger partial charge < -0.3 is 24.3 Å². The number of benzene rings is 1. The molecule has 1 aromatic carbocycles. The summed E-state index contributed by atoms with van der Waals surface area (Å²) in [5.41, 5.74) is 2.56. The summed E-state index contributed by atoms with van der Waals surface area (Å²) in [6.45, 7) is 7.82. The first kappa shape index (κ1) is 17.8. The molecular weight excluding hydrogens is 334 g/mol. The van der Waals surface area contributed by atoms with Gasteiger partial charge in [-0.05, 0) is 43.4 Å². The van der Waals surface area contributed by atoms with Crippen molar-refractivity contribution in [2.45, 2.75) is 20.0 Å². The summed E-state index contributed by atoms with van der Waals surface area (Å²) in [4.78, 5) is 3.81. The fourth-order valence-corrected chi connectivity index (χ4v) is 3.46. The SMILES string of the molecule is COc1ccc(C)cc1C[NH+]1CCN(C(=S)NCc2ccco2)CC1. The van der Waals surface area contributed by atoms with Crippen LogP contribution in [0.4, 0.5) is 0 Å². The van der Waals surface area contributed by atoms with E-state index in [1.54, 1.807) is 18.3 Å². The maximum Gasteiger partial charge on any atom is 0.169 e. The molecule has 6 heteroatoms. The highest BCUT2D eigenvalue weighted by atomic mass is 32.1. The second-order valence-corrected chi connectivity index (χ2v) is 6.85. The van der Waals surface area contributed by atoms with E-state index in [9.17, 15) is 0 Å². The maximum absolute atomic E-state index is 5.52. The Bertz CT molecular complexity index is 695. The van der Waals surface area contributed by atoms with Gasteiger partial charge in [-0.1, -0.05) is 11.6 Å². The molecule has 1 fully saturated rings. The number of methoxy groups -OCH3 is 1. The van der Waals surface area contributed by atoms with Gasteiger partial charge in [-0.2, -0.15) is 0 Å². The summed E-state index contributed by atoms with van der Waals surface area (Å²) in [7, 11) is 1.74. The van der Waals surface area contributed by atoms with Crippen LogP contribution in [0.2, 0.25) is 0 Å². The van der Waals surface area contributed by atoms with Crippen molar-refractivity contribution in [3.05, 3.63) is 53.5 Å². The van der Waals surface area contributed by atoms with Gasteiger partial charge in [0, 0.05) is 5.56 Å². The molecule has 1 aromatic heterocycles. The molecule has 2 N–H and O–H groups in total. The molecule has 0 spiro atoms. The van der Waals surface area contributed by atoms with Crippen molar-refractivity contribution in [3.8, 4) is 5.75 Å². The number of aryl methyl sites for hydroxylation is 1. The fraction of sp³-hybridized carbons (Fsp3) is 0.421. The summed E-state index contributed by atoms with van der Waals surface area (Å²) in [5.74, 6) is 1.88. The van der Waals surface area contributed by atoms with Gasteiger partial charge in [0.25, 0.3) is 0 Å². The number of thiocarbonyl (C=S) groups is 1. The number of hydrogen-bond acceptors (Lipinski definition) is 3. The second kappa shape index (κ2) is 8.36. The van der Waals surface area contributed by atoms with Gasteiger partial charge in [0.15, 0.2) is 5.11 Å². The summed E-state index contributed by atoms with van der Waals surface area (Å²) in [6, 6.07) is 10.2. The van der Waals surface area contributed by atoms with E-state index in [-0.39, 0.29) is 0 Å².